The maximum atomic E-state index is 12.8. The van der Waals surface area contributed by atoms with Gasteiger partial charge < -0.3 is 11.1 Å². The number of carbonyl (C=O) groups is 1. The molecule has 1 heterocycles. The third-order valence-electron chi connectivity index (χ3n) is 2.86. The number of halogens is 3. The Morgan fingerprint density at radius 2 is 1.95 bits per heavy atom. The zero-order chi connectivity index (χ0) is 15.5. The van der Waals surface area contributed by atoms with Crippen molar-refractivity contribution in [1.82, 2.24) is 10.3 Å². The molecule has 1 aromatic carbocycles. The quantitative estimate of drug-likeness (QED) is 0.914. The van der Waals surface area contributed by atoms with Crippen molar-refractivity contribution >= 4 is 11.6 Å². The van der Waals surface area contributed by atoms with Crippen molar-refractivity contribution in [2.24, 2.45) is 0 Å². The number of benzene rings is 1. The third-order valence-corrected chi connectivity index (χ3v) is 2.86. The van der Waals surface area contributed by atoms with Crippen LogP contribution in [0.4, 0.5) is 18.9 Å². The summed E-state index contributed by atoms with van der Waals surface area (Å²) in [7, 11) is 0. The van der Waals surface area contributed by atoms with Gasteiger partial charge in [0.25, 0.3) is 5.91 Å². The van der Waals surface area contributed by atoms with Crippen LogP contribution in [0.25, 0.3) is 0 Å². The number of carbonyl (C=O) groups excluding carboxylic acids is 1. The highest BCUT2D eigenvalue weighted by atomic mass is 19.4. The van der Waals surface area contributed by atoms with E-state index in [-0.39, 0.29) is 23.4 Å². The van der Waals surface area contributed by atoms with Crippen molar-refractivity contribution in [1.29, 1.82) is 0 Å². The maximum Gasteiger partial charge on any atom is 0.416 e. The molecule has 0 aliphatic carbocycles. The molecular formula is C14H12F3N3O. The second-order valence-corrected chi connectivity index (χ2v) is 4.30. The Bertz CT molecular complexity index is 656. The van der Waals surface area contributed by atoms with Crippen LogP contribution in [-0.4, -0.2) is 10.9 Å². The van der Waals surface area contributed by atoms with Crippen molar-refractivity contribution in [2.45, 2.75) is 12.7 Å². The van der Waals surface area contributed by atoms with Gasteiger partial charge in [-0.3, -0.25) is 9.78 Å². The van der Waals surface area contributed by atoms with Crippen LogP contribution in [0.5, 0.6) is 0 Å². The number of anilines is 1. The lowest BCUT2D eigenvalue weighted by atomic mass is 10.1. The summed E-state index contributed by atoms with van der Waals surface area (Å²) in [6.07, 6.45) is -1.77. The molecule has 2 aromatic rings. The summed E-state index contributed by atoms with van der Waals surface area (Å²) >= 11 is 0. The van der Waals surface area contributed by atoms with Crippen LogP contribution in [0.2, 0.25) is 0 Å². The molecule has 3 N–H and O–H groups in total. The van der Waals surface area contributed by atoms with E-state index in [1.165, 1.54) is 36.7 Å². The van der Waals surface area contributed by atoms with Crippen molar-refractivity contribution in [2.75, 3.05) is 5.73 Å². The van der Waals surface area contributed by atoms with Gasteiger partial charge in [-0.25, -0.2) is 0 Å². The van der Waals surface area contributed by atoms with Crippen LogP contribution in [0.1, 0.15) is 21.5 Å². The lowest BCUT2D eigenvalue weighted by molar-refractivity contribution is -0.138. The lowest BCUT2D eigenvalue weighted by Crippen LogP contribution is -2.25. The minimum absolute atomic E-state index is 0.00835. The summed E-state index contributed by atoms with van der Waals surface area (Å²) in [5, 5.41) is 2.42. The average Bonchev–Trinajstić information content (AvgIpc) is 2.44. The van der Waals surface area contributed by atoms with E-state index in [4.69, 9.17) is 5.73 Å². The molecule has 1 aromatic heterocycles. The first-order valence-corrected chi connectivity index (χ1v) is 6.02. The molecule has 21 heavy (non-hydrogen) atoms. The van der Waals surface area contributed by atoms with Gasteiger partial charge in [0.15, 0.2) is 0 Å². The molecule has 7 heteroatoms. The lowest BCUT2D eigenvalue weighted by Gasteiger charge is -2.13. The highest BCUT2D eigenvalue weighted by Crippen LogP contribution is 2.31. The van der Waals surface area contributed by atoms with Gasteiger partial charge in [-0.2, -0.15) is 13.2 Å². The highest BCUT2D eigenvalue weighted by Gasteiger charge is 2.32. The second kappa shape index (κ2) is 5.82. The molecule has 0 spiro atoms. The number of rotatable bonds is 3. The van der Waals surface area contributed by atoms with Gasteiger partial charge in [-0.05, 0) is 17.7 Å². The smallest absolute Gasteiger partial charge is 0.397 e. The Morgan fingerprint density at radius 1 is 1.24 bits per heavy atom. The normalized spacial score (nSPS) is 11.2. The number of nitrogens with one attached hydrogen (secondary N) is 1. The molecule has 0 bridgehead atoms. The fourth-order valence-electron chi connectivity index (χ4n) is 1.84. The Balaban J connectivity index is 2.14. The van der Waals surface area contributed by atoms with Crippen LogP contribution in [0.15, 0.2) is 42.7 Å². The van der Waals surface area contributed by atoms with E-state index in [9.17, 15) is 18.0 Å². The molecule has 0 unspecified atom stereocenters. The summed E-state index contributed by atoms with van der Waals surface area (Å²) in [5.74, 6) is -0.549. The molecule has 0 radical (unpaired) electrons. The number of nitrogens with zero attached hydrogens (tertiary/aromatic N) is 1. The van der Waals surface area contributed by atoms with Crippen molar-refractivity contribution in [3.63, 3.8) is 0 Å². The van der Waals surface area contributed by atoms with Gasteiger partial charge in [0, 0.05) is 12.7 Å². The Morgan fingerprint density at radius 3 is 2.62 bits per heavy atom. The predicted octanol–water partition coefficient (Wildman–Crippen LogP) is 2.61. The number of nitrogens with two attached hydrogens (primary N) is 1. The van der Waals surface area contributed by atoms with Crippen LogP contribution in [0, 0.1) is 0 Å². The third kappa shape index (κ3) is 3.50. The molecule has 0 saturated carbocycles. The molecular weight excluding hydrogens is 283 g/mol. The molecule has 4 nitrogen and oxygen atoms in total. The maximum absolute atomic E-state index is 12.8. The average molecular weight is 295 g/mol. The van der Waals surface area contributed by atoms with Crippen LogP contribution < -0.4 is 11.1 Å². The minimum Gasteiger partial charge on any atom is -0.397 e. The first kappa shape index (κ1) is 14.8. The number of amides is 1. The number of hydrogen-bond donors (Lipinski definition) is 2. The van der Waals surface area contributed by atoms with Gasteiger partial charge in [-0.15, -0.1) is 0 Å². The van der Waals surface area contributed by atoms with Gasteiger partial charge in [0.1, 0.15) is 0 Å². The topological polar surface area (TPSA) is 68.0 Å². The first-order chi connectivity index (χ1) is 9.89. The first-order valence-electron chi connectivity index (χ1n) is 6.02. The Labute approximate surface area is 118 Å². The summed E-state index contributed by atoms with van der Waals surface area (Å²) < 4.78 is 38.5. The van der Waals surface area contributed by atoms with Gasteiger partial charge in [-0.1, -0.05) is 18.2 Å². The van der Waals surface area contributed by atoms with Gasteiger partial charge >= 0.3 is 6.18 Å². The van der Waals surface area contributed by atoms with Crippen LogP contribution in [-0.2, 0) is 12.7 Å². The summed E-state index contributed by atoms with van der Waals surface area (Å²) in [4.78, 5) is 15.6. The molecule has 0 aliphatic heterocycles. The SMILES string of the molecule is Nc1cnccc1C(=O)NCc1ccccc1C(F)(F)F. The monoisotopic (exact) mass is 295 g/mol. The largest absolute Gasteiger partial charge is 0.416 e. The van der Waals surface area contributed by atoms with Gasteiger partial charge in [0.05, 0.1) is 23.0 Å². The van der Waals surface area contributed by atoms with Crippen molar-refractivity contribution < 1.29 is 18.0 Å². The molecule has 0 atom stereocenters. The molecule has 0 fully saturated rings. The Hall–Kier alpha value is -2.57. The molecule has 2 rings (SSSR count). The summed E-state index contributed by atoms with van der Waals surface area (Å²) in [6, 6.07) is 6.48. The number of aromatic nitrogens is 1. The number of alkyl halides is 3. The van der Waals surface area contributed by atoms with Crippen LogP contribution >= 0.6 is 0 Å². The fraction of sp³-hybridized carbons (Fsp3) is 0.143. The second-order valence-electron chi connectivity index (χ2n) is 4.30. The highest BCUT2D eigenvalue weighted by molar-refractivity contribution is 5.98. The van der Waals surface area contributed by atoms with E-state index in [0.717, 1.165) is 6.07 Å². The number of hydrogen-bond acceptors (Lipinski definition) is 3. The minimum atomic E-state index is -4.46. The predicted molar refractivity (Wildman–Crippen MR) is 71.3 cm³/mol. The van der Waals surface area contributed by atoms with E-state index in [1.807, 2.05) is 0 Å². The summed E-state index contributed by atoms with van der Waals surface area (Å²) in [5.41, 5.74) is 5.15. The van der Waals surface area contributed by atoms with E-state index < -0.39 is 17.6 Å². The van der Waals surface area contributed by atoms with E-state index in [2.05, 4.69) is 10.3 Å². The molecule has 0 aliphatic rings. The standard InChI is InChI=1S/C14H12F3N3O/c15-14(16,17)11-4-2-1-3-9(11)7-20-13(21)10-5-6-19-8-12(10)18/h1-6,8H,7,18H2,(H,20,21). The van der Waals surface area contributed by atoms with E-state index in [1.54, 1.807) is 0 Å². The summed E-state index contributed by atoms with van der Waals surface area (Å²) in [6.45, 7) is -0.240. The van der Waals surface area contributed by atoms with Gasteiger partial charge in [0.2, 0.25) is 0 Å². The zero-order valence-electron chi connectivity index (χ0n) is 10.8. The van der Waals surface area contributed by atoms with E-state index >= 15 is 0 Å². The van der Waals surface area contributed by atoms with Crippen molar-refractivity contribution in [3.05, 3.63) is 59.4 Å². The molecule has 1 amide bonds. The van der Waals surface area contributed by atoms with E-state index in [0.29, 0.717) is 0 Å². The molecule has 110 valence electrons. The van der Waals surface area contributed by atoms with Crippen molar-refractivity contribution in [3.8, 4) is 0 Å². The molecule has 0 saturated heterocycles. The number of nitrogen functional groups attached to an aromatic ring is 1. The Kier molecular flexibility index (Phi) is 4.11. The zero-order valence-corrected chi connectivity index (χ0v) is 10.8. The van der Waals surface area contributed by atoms with Crippen LogP contribution in [0.3, 0.4) is 0 Å². The fourth-order valence-corrected chi connectivity index (χ4v) is 1.84. The number of pyridine rings is 1.